The summed E-state index contributed by atoms with van der Waals surface area (Å²) in [6.45, 7) is 1.66. The standard InChI is InChI=1S/C16H22N4O5S.ClH/c21-16(13-5-3-4-8-17-13)18-9-11-19(12-10-18)26(24,25)15-7-2-1-6-14(15)20(22)23;/h1-2,6-7,13,17H,3-5,8-12H2;1H. The van der Waals surface area contributed by atoms with Crippen LogP contribution in [0.5, 0.6) is 0 Å². The molecule has 27 heavy (non-hydrogen) atoms. The fraction of sp³-hybridized carbons (Fsp3) is 0.562. The third kappa shape index (κ3) is 4.57. The SMILES string of the molecule is Cl.O=C(C1CCCCN1)N1CCN(S(=O)(=O)c2ccccc2[N+](=O)[O-])CC1. The Bertz CT molecular complexity index is 790. The average molecular weight is 419 g/mol. The lowest BCUT2D eigenvalue weighted by Crippen LogP contribution is -2.55. The number of rotatable bonds is 4. The van der Waals surface area contributed by atoms with E-state index in [1.54, 1.807) is 4.90 Å². The number of nitrogens with zero attached hydrogens (tertiary/aromatic N) is 3. The predicted molar refractivity (Wildman–Crippen MR) is 101 cm³/mol. The lowest BCUT2D eigenvalue weighted by molar-refractivity contribution is -0.387. The van der Waals surface area contributed by atoms with Gasteiger partial charge in [-0.15, -0.1) is 12.4 Å². The Morgan fingerprint density at radius 3 is 2.41 bits per heavy atom. The van der Waals surface area contributed by atoms with Crippen LogP contribution < -0.4 is 5.32 Å². The van der Waals surface area contributed by atoms with Crippen LogP contribution in [0.4, 0.5) is 5.69 Å². The molecule has 2 heterocycles. The summed E-state index contributed by atoms with van der Waals surface area (Å²) < 4.78 is 26.8. The van der Waals surface area contributed by atoms with Gasteiger partial charge in [0.15, 0.2) is 4.90 Å². The van der Waals surface area contributed by atoms with E-state index in [2.05, 4.69) is 5.32 Å². The first-order valence-electron chi connectivity index (χ1n) is 8.67. The van der Waals surface area contributed by atoms with Crippen molar-refractivity contribution in [2.24, 2.45) is 0 Å². The normalized spacial score (nSPS) is 21.3. The van der Waals surface area contributed by atoms with Crippen LogP contribution >= 0.6 is 12.4 Å². The van der Waals surface area contributed by atoms with Crippen molar-refractivity contribution in [2.45, 2.75) is 30.2 Å². The molecule has 150 valence electrons. The summed E-state index contributed by atoms with van der Waals surface area (Å²) in [5, 5.41) is 14.3. The Morgan fingerprint density at radius 2 is 1.81 bits per heavy atom. The third-order valence-corrected chi connectivity index (χ3v) is 6.78. The number of carbonyl (C=O) groups is 1. The minimum absolute atomic E-state index is 0. The van der Waals surface area contributed by atoms with Gasteiger partial charge in [-0.2, -0.15) is 4.31 Å². The molecule has 0 radical (unpaired) electrons. The number of nitro groups is 1. The van der Waals surface area contributed by atoms with Crippen LogP contribution in [0.25, 0.3) is 0 Å². The van der Waals surface area contributed by atoms with Gasteiger partial charge in [0.05, 0.1) is 11.0 Å². The van der Waals surface area contributed by atoms with Gasteiger partial charge in [0.2, 0.25) is 15.9 Å². The average Bonchev–Trinajstić information content (AvgIpc) is 2.68. The highest BCUT2D eigenvalue weighted by molar-refractivity contribution is 7.89. The van der Waals surface area contributed by atoms with Crippen molar-refractivity contribution in [2.75, 3.05) is 32.7 Å². The monoisotopic (exact) mass is 418 g/mol. The van der Waals surface area contributed by atoms with Gasteiger partial charge in [0.25, 0.3) is 5.69 Å². The maximum Gasteiger partial charge on any atom is 0.289 e. The third-order valence-electron chi connectivity index (χ3n) is 4.84. The Balaban J connectivity index is 0.00000261. The molecule has 2 saturated heterocycles. The Morgan fingerprint density at radius 1 is 1.15 bits per heavy atom. The second kappa shape index (κ2) is 8.96. The first-order valence-corrected chi connectivity index (χ1v) is 10.1. The highest BCUT2D eigenvalue weighted by Gasteiger charge is 2.35. The zero-order chi connectivity index (χ0) is 18.7. The van der Waals surface area contributed by atoms with E-state index >= 15 is 0 Å². The summed E-state index contributed by atoms with van der Waals surface area (Å²) in [7, 11) is -3.97. The van der Waals surface area contributed by atoms with Gasteiger partial charge in [0.1, 0.15) is 0 Å². The zero-order valence-electron chi connectivity index (χ0n) is 14.7. The van der Waals surface area contributed by atoms with Crippen LogP contribution in [-0.4, -0.2) is 67.2 Å². The van der Waals surface area contributed by atoms with Crippen LogP contribution in [0.2, 0.25) is 0 Å². The Labute approximate surface area is 164 Å². The van der Waals surface area contributed by atoms with Crippen molar-refractivity contribution < 1.29 is 18.1 Å². The van der Waals surface area contributed by atoms with Gasteiger partial charge >= 0.3 is 0 Å². The van der Waals surface area contributed by atoms with Crippen LogP contribution in [0, 0.1) is 10.1 Å². The molecule has 11 heteroatoms. The number of amides is 1. The molecule has 1 amide bonds. The largest absolute Gasteiger partial charge is 0.339 e. The van der Waals surface area contributed by atoms with Crippen LogP contribution in [0.15, 0.2) is 29.2 Å². The molecule has 1 atom stereocenters. The number of nitro benzene ring substituents is 1. The molecule has 0 aliphatic carbocycles. The molecule has 0 saturated carbocycles. The molecular weight excluding hydrogens is 396 g/mol. The molecule has 9 nitrogen and oxygen atoms in total. The van der Waals surface area contributed by atoms with Crippen molar-refractivity contribution in [1.29, 1.82) is 0 Å². The first-order chi connectivity index (χ1) is 12.4. The van der Waals surface area contributed by atoms with E-state index in [-0.39, 0.29) is 55.4 Å². The molecule has 2 aliphatic heterocycles. The number of halogens is 1. The summed E-state index contributed by atoms with van der Waals surface area (Å²) in [5.74, 6) is 0.00689. The number of piperidine rings is 1. The van der Waals surface area contributed by atoms with Crippen molar-refractivity contribution >= 4 is 34.0 Å². The molecule has 2 fully saturated rings. The molecule has 1 N–H and O–H groups in total. The number of benzene rings is 1. The summed E-state index contributed by atoms with van der Waals surface area (Å²) in [5.41, 5.74) is -0.433. The molecular formula is C16H23ClN4O5S. The van der Waals surface area contributed by atoms with Crippen LogP contribution in [-0.2, 0) is 14.8 Å². The summed E-state index contributed by atoms with van der Waals surface area (Å²) in [6, 6.07) is 5.14. The lowest BCUT2D eigenvalue weighted by Gasteiger charge is -2.36. The van der Waals surface area contributed by atoms with Crippen LogP contribution in [0.1, 0.15) is 19.3 Å². The summed E-state index contributed by atoms with van der Waals surface area (Å²) in [6.07, 6.45) is 2.87. The number of sulfonamides is 1. The zero-order valence-corrected chi connectivity index (χ0v) is 16.4. The number of para-hydroxylation sites is 1. The Hall–Kier alpha value is -1.75. The van der Waals surface area contributed by atoms with Gasteiger partial charge in [0, 0.05) is 32.2 Å². The van der Waals surface area contributed by atoms with E-state index in [0.717, 1.165) is 25.8 Å². The number of nitrogens with one attached hydrogen (secondary N) is 1. The van der Waals surface area contributed by atoms with Crippen LogP contribution in [0.3, 0.4) is 0 Å². The van der Waals surface area contributed by atoms with Gasteiger partial charge in [-0.05, 0) is 25.5 Å². The quantitative estimate of drug-likeness (QED) is 0.576. The molecule has 1 aromatic carbocycles. The van der Waals surface area contributed by atoms with Crippen molar-refractivity contribution in [3.8, 4) is 0 Å². The fourth-order valence-corrected chi connectivity index (χ4v) is 4.98. The van der Waals surface area contributed by atoms with Gasteiger partial charge < -0.3 is 10.2 Å². The topological polar surface area (TPSA) is 113 Å². The minimum Gasteiger partial charge on any atom is -0.339 e. The van der Waals surface area contributed by atoms with E-state index in [1.165, 1.54) is 28.6 Å². The van der Waals surface area contributed by atoms with E-state index in [9.17, 15) is 23.3 Å². The molecule has 3 rings (SSSR count). The number of piperazine rings is 1. The molecule has 2 aliphatic rings. The fourth-order valence-electron chi connectivity index (χ4n) is 3.40. The highest BCUT2D eigenvalue weighted by atomic mass is 35.5. The molecule has 0 bridgehead atoms. The minimum atomic E-state index is -3.97. The van der Waals surface area contributed by atoms with Crippen molar-refractivity contribution in [3.63, 3.8) is 0 Å². The number of carbonyl (C=O) groups excluding carboxylic acids is 1. The molecule has 1 unspecified atom stereocenters. The van der Waals surface area contributed by atoms with E-state index in [0.29, 0.717) is 0 Å². The summed E-state index contributed by atoms with van der Waals surface area (Å²) >= 11 is 0. The van der Waals surface area contributed by atoms with E-state index < -0.39 is 20.6 Å². The molecule has 1 aromatic rings. The smallest absolute Gasteiger partial charge is 0.289 e. The van der Waals surface area contributed by atoms with Crippen molar-refractivity contribution in [1.82, 2.24) is 14.5 Å². The number of hydrogen-bond donors (Lipinski definition) is 1. The summed E-state index contributed by atoms with van der Waals surface area (Å²) in [4.78, 5) is 24.3. The maximum absolute atomic E-state index is 12.8. The van der Waals surface area contributed by atoms with Gasteiger partial charge in [-0.1, -0.05) is 18.6 Å². The maximum atomic E-state index is 12.8. The van der Waals surface area contributed by atoms with Gasteiger partial charge in [-0.3, -0.25) is 14.9 Å². The highest BCUT2D eigenvalue weighted by Crippen LogP contribution is 2.27. The van der Waals surface area contributed by atoms with E-state index in [1.807, 2.05) is 0 Å². The molecule has 0 aromatic heterocycles. The Kier molecular flexibility index (Phi) is 7.15. The number of hydrogen-bond acceptors (Lipinski definition) is 6. The van der Waals surface area contributed by atoms with Gasteiger partial charge in [-0.25, -0.2) is 8.42 Å². The lowest BCUT2D eigenvalue weighted by atomic mass is 10.0. The first kappa shape index (κ1) is 21.5. The second-order valence-corrected chi connectivity index (χ2v) is 8.36. The predicted octanol–water partition coefficient (Wildman–Crippen LogP) is 0.992. The van der Waals surface area contributed by atoms with Crippen molar-refractivity contribution in [3.05, 3.63) is 34.4 Å². The molecule has 0 spiro atoms. The second-order valence-electron chi connectivity index (χ2n) is 6.46. The van der Waals surface area contributed by atoms with E-state index in [4.69, 9.17) is 0 Å².